The predicted octanol–water partition coefficient (Wildman–Crippen LogP) is 3.32. The lowest BCUT2D eigenvalue weighted by molar-refractivity contribution is 0.998. The Morgan fingerprint density at radius 3 is 2.48 bits per heavy atom. The van der Waals surface area contributed by atoms with Crippen molar-refractivity contribution < 1.29 is 0 Å². The Morgan fingerprint density at radius 2 is 1.86 bits per heavy atom. The van der Waals surface area contributed by atoms with Gasteiger partial charge in [-0.2, -0.15) is 0 Å². The molecule has 2 aromatic rings. The number of hydrogen-bond donors (Lipinski definition) is 0. The fourth-order valence-electron chi connectivity index (χ4n) is 2.28. The largest absolute Gasteiger partial charge is 0.292 e. The van der Waals surface area contributed by atoms with E-state index in [9.17, 15) is 0 Å². The summed E-state index contributed by atoms with van der Waals surface area (Å²) >= 11 is 0. The van der Waals surface area contributed by atoms with Crippen LogP contribution in [0.25, 0.3) is 30.0 Å². The van der Waals surface area contributed by atoms with Gasteiger partial charge < -0.3 is 0 Å². The Labute approximate surface area is 125 Å². The van der Waals surface area contributed by atoms with Crippen LogP contribution >= 0.6 is 0 Å². The number of para-hydroxylation sites is 1. The molecule has 2 nitrogen and oxygen atoms in total. The second-order valence-corrected chi connectivity index (χ2v) is 4.52. The highest BCUT2D eigenvalue weighted by atomic mass is 15.1. The van der Waals surface area contributed by atoms with Crippen molar-refractivity contribution in [2.45, 2.75) is 13.8 Å². The number of allylic oxidation sites excluding steroid dienone is 2. The first kappa shape index (κ1) is 14.8. The molecule has 1 aromatic carbocycles. The van der Waals surface area contributed by atoms with Gasteiger partial charge in [-0.15, -0.1) is 0 Å². The first-order chi connectivity index (χ1) is 10.3. The summed E-state index contributed by atoms with van der Waals surface area (Å²) in [6.45, 7) is 11.8. The first-order valence-corrected chi connectivity index (χ1v) is 6.99. The van der Waals surface area contributed by atoms with Crippen LogP contribution in [0.15, 0.2) is 49.6 Å². The number of aromatic nitrogens is 2. The van der Waals surface area contributed by atoms with Gasteiger partial charge in [0.2, 0.25) is 0 Å². The van der Waals surface area contributed by atoms with Crippen molar-refractivity contribution >= 4 is 24.3 Å². The molecule has 21 heavy (non-hydrogen) atoms. The lowest BCUT2D eigenvalue weighted by Gasteiger charge is -2.09. The molecule has 0 spiro atoms. The molecular formula is C19H20N2. The van der Waals surface area contributed by atoms with Crippen LogP contribution in [0.4, 0.5) is 0 Å². The van der Waals surface area contributed by atoms with Crippen LogP contribution in [0.1, 0.15) is 25.2 Å². The Morgan fingerprint density at radius 1 is 1.10 bits per heavy atom. The minimum absolute atomic E-state index is 0.827. The summed E-state index contributed by atoms with van der Waals surface area (Å²) in [5.41, 5.74) is 2.12. The molecular weight excluding hydrogens is 256 g/mol. The maximum absolute atomic E-state index is 4.64. The van der Waals surface area contributed by atoms with Crippen molar-refractivity contribution in [3.8, 4) is 5.69 Å². The van der Waals surface area contributed by atoms with Crippen LogP contribution in [0.3, 0.4) is 0 Å². The second kappa shape index (κ2) is 6.71. The van der Waals surface area contributed by atoms with Gasteiger partial charge in [-0.05, 0) is 37.6 Å². The third kappa shape index (κ3) is 2.79. The number of imidazole rings is 1. The van der Waals surface area contributed by atoms with Crippen LogP contribution in [0.2, 0.25) is 0 Å². The molecule has 0 aliphatic rings. The van der Waals surface area contributed by atoms with E-state index in [0.29, 0.717) is 0 Å². The molecule has 2 rings (SSSR count). The lowest BCUT2D eigenvalue weighted by Crippen LogP contribution is -2.29. The highest BCUT2D eigenvalue weighted by Crippen LogP contribution is 2.15. The minimum Gasteiger partial charge on any atom is -0.292 e. The van der Waals surface area contributed by atoms with Gasteiger partial charge in [-0.25, -0.2) is 4.98 Å². The zero-order valence-electron chi connectivity index (χ0n) is 12.6. The molecule has 0 fully saturated rings. The smallest absolute Gasteiger partial charge is 0.137 e. The molecule has 0 saturated heterocycles. The molecule has 0 N–H and O–H groups in total. The van der Waals surface area contributed by atoms with Crippen LogP contribution < -0.4 is 10.7 Å². The third-order valence-electron chi connectivity index (χ3n) is 3.27. The lowest BCUT2D eigenvalue weighted by atomic mass is 10.1. The van der Waals surface area contributed by atoms with Crippen molar-refractivity contribution in [2.75, 3.05) is 0 Å². The van der Waals surface area contributed by atoms with Crippen LogP contribution in [-0.4, -0.2) is 9.55 Å². The number of hydrogen-bond acceptors (Lipinski definition) is 1. The highest BCUT2D eigenvalue weighted by Gasteiger charge is 2.09. The van der Waals surface area contributed by atoms with Gasteiger partial charge >= 0.3 is 0 Å². The zero-order chi connectivity index (χ0) is 15.2. The molecule has 106 valence electrons. The normalized spacial score (nSPS) is 13.0. The average Bonchev–Trinajstić information content (AvgIpc) is 2.90. The summed E-state index contributed by atoms with van der Waals surface area (Å²) in [7, 11) is 0. The van der Waals surface area contributed by atoms with Crippen molar-refractivity contribution in [1.29, 1.82) is 0 Å². The SMILES string of the molecule is C=Cc1ccccc1-n1c(C=C)nc(=C/C)/c1=C\C=C/C. The van der Waals surface area contributed by atoms with Crippen LogP contribution in [0.5, 0.6) is 0 Å². The number of rotatable bonds is 4. The van der Waals surface area contributed by atoms with Crippen molar-refractivity contribution in [3.05, 3.63) is 71.7 Å². The summed E-state index contributed by atoms with van der Waals surface area (Å²) in [5, 5.41) is 1.99. The van der Waals surface area contributed by atoms with Crippen molar-refractivity contribution in [2.24, 2.45) is 0 Å². The quantitative estimate of drug-likeness (QED) is 0.837. The Balaban J connectivity index is 2.94. The van der Waals surface area contributed by atoms with Crippen molar-refractivity contribution in [1.82, 2.24) is 9.55 Å². The molecule has 0 aliphatic carbocycles. The van der Waals surface area contributed by atoms with E-state index >= 15 is 0 Å². The summed E-state index contributed by atoms with van der Waals surface area (Å²) in [6, 6.07) is 8.14. The Hall–Kier alpha value is -2.61. The molecule has 0 bridgehead atoms. The predicted molar refractivity (Wildman–Crippen MR) is 92.4 cm³/mol. The summed E-state index contributed by atoms with van der Waals surface area (Å²) in [4.78, 5) is 4.64. The zero-order valence-corrected chi connectivity index (χ0v) is 12.6. The van der Waals surface area contributed by atoms with Crippen LogP contribution in [0, 0.1) is 0 Å². The van der Waals surface area contributed by atoms with E-state index in [0.717, 1.165) is 27.8 Å². The summed E-state index contributed by atoms with van der Waals surface area (Å²) in [6.07, 6.45) is 11.7. The molecule has 0 unspecified atom stereocenters. The second-order valence-electron chi connectivity index (χ2n) is 4.52. The van der Waals surface area contributed by atoms with Gasteiger partial charge in [-0.1, -0.05) is 55.7 Å². The van der Waals surface area contributed by atoms with Gasteiger partial charge in [0, 0.05) is 0 Å². The first-order valence-electron chi connectivity index (χ1n) is 6.99. The standard InChI is InChI=1S/C19H20N2/c1-5-9-13-18-16(7-3)20-19(8-4)21(18)17-14-11-10-12-15(17)6-2/h5-14H,2,4H2,1,3H3/b9-5-,16-7+,18-13+. The highest BCUT2D eigenvalue weighted by molar-refractivity contribution is 5.61. The van der Waals surface area contributed by atoms with Gasteiger partial charge in [-0.3, -0.25) is 4.57 Å². The summed E-state index contributed by atoms with van der Waals surface area (Å²) < 4.78 is 2.11. The van der Waals surface area contributed by atoms with Gasteiger partial charge in [0.05, 0.1) is 16.4 Å². The molecule has 0 amide bonds. The maximum Gasteiger partial charge on any atom is 0.137 e. The molecule has 0 atom stereocenters. The molecule has 0 saturated carbocycles. The Bertz CT molecular complexity index is 805. The molecule has 0 aliphatic heterocycles. The van der Waals surface area contributed by atoms with E-state index in [1.807, 2.05) is 56.4 Å². The number of nitrogens with zero attached hydrogens (tertiary/aromatic N) is 2. The molecule has 0 radical (unpaired) electrons. The third-order valence-corrected chi connectivity index (χ3v) is 3.27. The Kier molecular flexibility index (Phi) is 4.72. The fraction of sp³-hybridized carbons (Fsp3) is 0.105. The monoisotopic (exact) mass is 276 g/mol. The van der Waals surface area contributed by atoms with Crippen molar-refractivity contribution in [3.63, 3.8) is 0 Å². The average molecular weight is 276 g/mol. The minimum atomic E-state index is 0.827. The fourth-order valence-corrected chi connectivity index (χ4v) is 2.28. The summed E-state index contributed by atoms with van der Waals surface area (Å²) in [5.74, 6) is 0.827. The topological polar surface area (TPSA) is 17.8 Å². The van der Waals surface area contributed by atoms with Gasteiger partial charge in [0.1, 0.15) is 5.82 Å². The van der Waals surface area contributed by atoms with E-state index in [2.05, 4.69) is 34.9 Å². The van der Waals surface area contributed by atoms with E-state index in [1.165, 1.54) is 0 Å². The van der Waals surface area contributed by atoms with Gasteiger partial charge in [0.15, 0.2) is 0 Å². The molecule has 1 heterocycles. The number of benzene rings is 1. The maximum atomic E-state index is 4.64. The van der Waals surface area contributed by atoms with E-state index in [4.69, 9.17) is 0 Å². The van der Waals surface area contributed by atoms with Gasteiger partial charge in [0.25, 0.3) is 0 Å². The van der Waals surface area contributed by atoms with Crippen LogP contribution in [-0.2, 0) is 0 Å². The molecule has 2 heteroatoms. The molecule has 1 aromatic heterocycles. The van der Waals surface area contributed by atoms with E-state index < -0.39 is 0 Å². The van der Waals surface area contributed by atoms with E-state index in [1.54, 1.807) is 6.08 Å². The van der Waals surface area contributed by atoms with E-state index in [-0.39, 0.29) is 0 Å².